The molecule has 4 N–H and O–H groups in total. The summed E-state index contributed by atoms with van der Waals surface area (Å²) in [6.45, 7) is 0. The van der Waals surface area contributed by atoms with E-state index in [1.807, 2.05) is 0 Å². The lowest BCUT2D eigenvalue weighted by molar-refractivity contribution is 0.126. The Morgan fingerprint density at radius 1 is 1.11 bits per heavy atom. The van der Waals surface area contributed by atoms with Crippen LogP contribution in [-0.2, 0) is 0 Å². The number of aromatic amines is 2. The number of halogens is 1. The lowest BCUT2D eigenvalue weighted by Gasteiger charge is -2.25. The molecule has 6 nitrogen and oxygen atoms in total. The Morgan fingerprint density at radius 3 is 2.74 bits per heavy atom. The van der Waals surface area contributed by atoms with Crippen LogP contribution in [0.4, 0.5) is 10.3 Å². The quantitative estimate of drug-likeness (QED) is 0.409. The molecule has 1 saturated carbocycles. The molecule has 0 amide bonds. The van der Waals surface area contributed by atoms with Crippen molar-refractivity contribution in [3.05, 3.63) is 46.6 Å². The van der Waals surface area contributed by atoms with Crippen molar-refractivity contribution in [1.29, 1.82) is 0 Å². The molecule has 0 bridgehead atoms. The highest BCUT2D eigenvalue weighted by atomic mass is 19.1. The second kappa shape index (κ2) is 6.06. The SMILES string of the molecule is O=c1[nH]ccc2c3nc(NC4CCC(O)CC4)[nH]c3c3ccc(F)cc3c12. The van der Waals surface area contributed by atoms with Crippen molar-refractivity contribution in [2.75, 3.05) is 5.32 Å². The van der Waals surface area contributed by atoms with Crippen LogP contribution in [0, 0.1) is 5.82 Å². The lowest BCUT2D eigenvalue weighted by atomic mass is 9.93. The minimum atomic E-state index is -0.384. The second-order valence-corrected chi connectivity index (χ2v) is 7.24. The van der Waals surface area contributed by atoms with Gasteiger partial charge in [-0.05, 0) is 49.9 Å². The fourth-order valence-corrected chi connectivity index (χ4v) is 4.13. The van der Waals surface area contributed by atoms with Crippen molar-refractivity contribution >= 4 is 38.5 Å². The number of nitrogens with zero attached hydrogens (tertiary/aromatic N) is 1. The Balaban J connectivity index is 1.72. The number of fused-ring (bicyclic) bond motifs is 6. The zero-order valence-corrected chi connectivity index (χ0v) is 14.6. The predicted octanol–water partition coefficient (Wildman–Crippen LogP) is 3.41. The van der Waals surface area contributed by atoms with Gasteiger partial charge in [0.2, 0.25) is 5.95 Å². The van der Waals surface area contributed by atoms with Crippen LogP contribution >= 0.6 is 0 Å². The number of nitrogens with one attached hydrogen (secondary N) is 3. The molecule has 5 rings (SSSR count). The third kappa shape index (κ3) is 2.66. The Kier molecular flexibility index (Phi) is 3.65. The van der Waals surface area contributed by atoms with Crippen LogP contribution in [0.2, 0.25) is 0 Å². The van der Waals surface area contributed by atoms with E-state index in [4.69, 9.17) is 4.98 Å². The molecule has 4 aromatic rings. The van der Waals surface area contributed by atoms with Gasteiger partial charge in [0.1, 0.15) is 5.82 Å². The van der Waals surface area contributed by atoms with Gasteiger partial charge >= 0.3 is 0 Å². The first kappa shape index (κ1) is 16.3. The van der Waals surface area contributed by atoms with E-state index in [-0.39, 0.29) is 23.5 Å². The molecule has 1 aliphatic carbocycles. The van der Waals surface area contributed by atoms with E-state index < -0.39 is 0 Å². The number of hydrogen-bond donors (Lipinski definition) is 4. The van der Waals surface area contributed by atoms with E-state index in [0.29, 0.717) is 27.6 Å². The Labute approximate surface area is 153 Å². The molecular formula is C20H19FN4O2. The summed E-state index contributed by atoms with van der Waals surface area (Å²) in [7, 11) is 0. The highest BCUT2D eigenvalue weighted by molar-refractivity contribution is 6.23. The number of pyridine rings is 1. The highest BCUT2D eigenvalue weighted by Gasteiger charge is 2.21. The summed E-state index contributed by atoms with van der Waals surface area (Å²) in [5, 5.41) is 15.5. The van der Waals surface area contributed by atoms with Gasteiger partial charge in [-0.1, -0.05) is 0 Å². The summed E-state index contributed by atoms with van der Waals surface area (Å²) < 4.78 is 13.9. The molecule has 138 valence electrons. The minimum absolute atomic E-state index is 0.215. The maximum atomic E-state index is 13.9. The van der Waals surface area contributed by atoms with Crippen LogP contribution in [0.5, 0.6) is 0 Å². The van der Waals surface area contributed by atoms with Gasteiger partial charge in [0, 0.05) is 28.4 Å². The first-order valence-electron chi connectivity index (χ1n) is 9.17. The summed E-state index contributed by atoms with van der Waals surface area (Å²) in [5.41, 5.74) is 1.21. The molecule has 1 fully saturated rings. The van der Waals surface area contributed by atoms with Gasteiger partial charge in [-0.2, -0.15) is 0 Å². The minimum Gasteiger partial charge on any atom is -0.393 e. The number of aliphatic hydroxyl groups is 1. The largest absolute Gasteiger partial charge is 0.393 e. The van der Waals surface area contributed by atoms with Gasteiger partial charge in [-0.3, -0.25) is 4.79 Å². The van der Waals surface area contributed by atoms with Crippen LogP contribution in [0.15, 0.2) is 35.3 Å². The van der Waals surface area contributed by atoms with Crippen molar-refractivity contribution in [1.82, 2.24) is 15.0 Å². The van der Waals surface area contributed by atoms with Gasteiger partial charge in [0.05, 0.1) is 22.5 Å². The number of imidazole rings is 1. The third-order valence-electron chi connectivity index (χ3n) is 5.48. The Morgan fingerprint density at radius 2 is 1.93 bits per heavy atom. The molecule has 1 aliphatic rings. The predicted molar refractivity (Wildman–Crippen MR) is 104 cm³/mol. The van der Waals surface area contributed by atoms with E-state index in [1.165, 1.54) is 12.1 Å². The molecule has 0 radical (unpaired) electrons. The smallest absolute Gasteiger partial charge is 0.256 e. The van der Waals surface area contributed by atoms with Gasteiger partial charge in [0.25, 0.3) is 5.56 Å². The maximum absolute atomic E-state index is 13.9. The molecule has 2 heterocycles. The molecular weight excluding hydrogens is 347 g/mol. The zero-order chi connectivity index (χ0) is 18.5. The van der Waals surface area contributed by atoms with Gasteiger partial charge in [-0.25, -0.2) is 9.37 Å². The molecule has 2 aromatic carbocycles. The van der Waals surface area contributed by atoms with E-state index in [1.54, 1.807) is 18.3 Å². The number of benzene rings is 2. The first-order valence-corrected chi connectivity index (χ1v) is 9.17. The Bertz CT molecular complexity index is 1220. The van der Waals surface area contributed by atoms with Crippen LogP contribution < -0.4 is 10.9 Å². The topological polar surface area (TPSA) is 93.8 Å². The molecule has 0 aliphatic heterocycles. The molecule has 0 saturated heterocycles. The average Bonchev–Trinajstić information content (AvgIpc) is 3.07. The fourth-order valence-electron chi connectivity index (χ4n) is 4.13. The number of H-pyrrole nitrogens is 2. The third-order valence-corrected chi connectivity index (χ3v) is 5.48. The number of anilines is 1. The molecule has 27 heavy (non-hydrogen) atoms. The van der Waals surface area contributed by atoms with Crippen LogP contribution in [0.25, 0.3) is 32.6 Å². The van der Waals surface area contributed by atoms with Crippen molar-refractivity contribution in [3.8, 4) is 0 Å². The second-order valence-electron chi connectivity index (χ2n) is 7.24. The van der Waals surface area contributed by atoms with Crippen molar-refractivity contribution in [3.63, 3.8) is 0 Å². The summed E-state index contributed by atoms with van der Waals surface area (Å²) in [5.74, 6) is 0.245. The number of aliphatic hydroxyl groups excluding tert-OH is 1. The molecule has 0 unspecified atom stereocenters. The van der Waals surface area contributed by atoms with Crippen LogP contribution in [0.3, 0.4) is 0 Å². The first-order chi connectivity index (χ1) is 13.1. The van der Waals surface area contributed by atoms with Crippen molar-refractivity contribution in [2.45, 2.75) is 37.8 Å². The van der Waals surface area contributed by atoms with Crippen LogP contribution in [-0.4, -0.2) is 32.2 Å². The van der Waals surface area contributed by atoms with E-state index in [0.717, 1.165) is 36.6 Å². The zero-order valence-electron chi connectivity index (χ0n) is 14.6. The van der Waals surface area contributed by atoms with Gasteiger partial charge < -0.3 is 20.4 Å². The monoisotopic (exact) mass is 366 g/mol. The number of rotatable bonds is 2. The van der Waals surface area contributed by atoms with E-state index >= 15 is 0 Å². The van der Waals surface area contributed by atoms with Crippen LogP contribution in [0.1, 0.15) is 25.7 Å². The van der Waals surface area contributed by atoms with Gasteiger partial charge in [-0.15, -0.1) is 0 Å². The molecule has 2 aromatic heterocycles. The highest BCUT2D eigenvalue weighted by Crippen LogP contribution is 2.33. The number of aromatic nitrogens is 3. The Hall–Kier alpha value is -2.93. The maximum Gasteiger partial charge on any atom is 0.256 e. The summed E-state index contributed by atoms with van der Waals surface area (Å²) >= 11 is 0. The normalized spacial score (nSPS) is 20.5. The fraction of sp³-hybridized carbons (Fsp3) is 0.300. The van der Waals surface area contributed by atoms with Gasteiger partial charge in [0.15, 0.2) is 0 Å². The summed E-state index contributed by atoms with van der Waals surface area (Å²) in [6, 6.07) is 6.50. The van der Waals surface area contributed by atoms with Crippen molar-refractivity contribution in [2.24, 2.45) is 0 Å². The summed E-state index contributed by atoms with van der Waals surface area (Å²) in [6.07, 6.45) is 4.68. The lowest BCUT2D eigenvalue weighted by Crippen LogP contribution is -2.28. The average molecular weight is 366 g/mol. The van der Waals surface area contributed by atoms with Crippen molar-refractivity contribution < 1.29 is 9.50 Å². The van der Waals surface area contributed by atoms with E-state index in [2.05, 4.69) is 15.3 Å². The molecule has 0 atom stereocenters. The molecule has 0 spiro atoms. The van der Waals surface area contributed by atoms with E-state index in [9.17, 15) is 14.3 Å². The number of hydrogen-bond acceptors (Lipinski definition) is 4. The molecule has 7 heteroatoms. The standard InChI is InChI=1S/C20H19FN4O2/c21-10-1-6-13-15(9-10)16-14(7-8-22-19(16)27)18-17(13)24-20(25-18)23-11-2-4-12(26)5-3-11/h1,6-9,11-12,26H,2-5H2,(H,22,27)(H2,23,24,25). The summed E-state index contributed by atoms with van der Waals surface area (Å²) in [4.78, 5) is 23.1.